The molecule has 0 atom stereocenters. The Balaban J connectivity index is 1.70. The van der Waals surface area contributed by atoms with Crippen LogP contribution in [0.3, 0.4) is 0 Å². The maximum atomic E-state index is 12.5. The summed E-state index contributed by atoms with van der Waals surface area (Å²) in [6.45, 7) is 6.27. The van der Waals surface area contributed by atoms with Crippen molar-refractivity contribution in [2.75, 3.05) is 11.4 Å². The third kappa shape index (κ3) is 2.80. The molecule has 28 heavy (non-hydrogen) atoms. The summed E-state index contributed by atoms with van der Waals surface area (Å²) in [5.74, 6) is -0.182. The Bertz CT molecular complexity index is 1050. The van der Waals surface area contributed by atoms with Crippen LogP contribution in [0.2, 0.25) is 0 Å². The number of hydrogen-bond donors (Lipinski definition) is 0. The van der Waals surface area contributed by atoms with E-state index in [-0.39, 0.29) is 11.8 Å². The maximum absolute atomic E-state index is 12.5. The molecule has 1 aromatic carbocycles. The van der Waals surface area contributed by atoms with Gasteiger partial charge >= 0.3 is 0 Å². The lowest BCUT2D eigenvalue weighted by Gasteiger charge is -2.30. The smallest absolute Gasteiger partial charge is 0.234 e. The van der Waals surface area contributed by atoms with E-state index in [0.717, 1.165) is 45.3 Å². The third-order valence-electron chi connectivity index (χ3n) is 5.56. The second-order valence-electron chi connectivity index (χ2n) is 7.61. The first-order chi connectivity index (χ1) is 13.5. The van der Waals surface area contributed by atoms with Crippen LogP contribution in [0.5, 0.6) is 0 Å². The number of thiophene rings is 1. The molecule has 2 aromatic heterocycles. The Morgan fingerprint density at radius 3 is 2.50 bits per heavy atom. The molecule has 0 radical (unpaired) electrons. The summed E-state index contributed by atoms with van der Waals surface area (Å²) in [6, 6.07) is 8.56. The van der Waals surface area contributed by atoms with Gasteiger partial charge in [-0.15, -0.1) is 22.7 Å². The summed E-state index contributed by atoms with van der Waals surface area (Å²) < 4.78 is 1.13. The van der Waals surface area contributed by atoms with Crippen LogP contribution in [-0.2, 0) is 22.6 Å². The molecule has 1 fully saturated rings. The van der Waals surface area contributed by atoms with E-state index in [9.17, 15) is 9.59 Å². The fourth-order valence-electron chi connectivity index (χ4n) is 4.01. The molecule has 1 saturated heterocycles. The highest BCUT2D eigenvalue weighted by atomic mass is 32.1. The number of rotatable bonds is 3. The number of imide groups is 1. The maximum Gasteiger partial charge on any atom is 0.234 e. The molecule has 4 heterocycles. The SMILES string of the molecule is CC(C)N1CCc2c(sc(N3C(=O)CCC3=O)c2-c2nc3ccccc3s2)C1. The van der Waals surface area contributed by atoms with E-state index in [1.165, 1.54) is 15.3 Å². The Kier molecular flexibility index (Phi) is 4.34. The third-order valence-corrected chi connectivity index (χ3v) is 7.82. The molecule has 0 spiro atoms. The van der Waals surface area contributed by atoms with Gasteiger partial charge in [-0.3, -0.25) is 14.5 Å². The van der Waals surface area contributed by atoms with Crippen molar-refractivity contribution in [1.82, 2.24) is 9.88 Å². The Labute approximate surface area is 171 Å². The van der Waals surface area contributed by atoms with Crippen molar-refractivity contribution < 1.29 is 9.59 Å². The minimum absolute atomic E-state index is 0.0910. The van der Waals surface area contributed by atoms with Gasteiger partial charge in [-0.2, -0.15) is 0 Å². The molecular formula is C21H21N3O2S2. The van der Waals surface area contributed by atoms with Crippen LogP contribution in [0, 0.1) is 0 Å². The summed E-state index contributed by atoms with van der Waals surface area (Å²) in [5.41, 5.74) is 3.24. The van der Waals surface area contributed by atoms with E-state index in [1.807, 2.05) is 18.2 Å². The fraction of sp³-hybridized carbons (Fsp3) is 0.381. The van der Waals surface area contributed by atoms with Gasteiger partial charge in [0.05, 0.1) is 10.2 Å². The lowest BCUT2D eigenvalue weighted by Crippen LogP contribution is -2.35. The molecule has 5 rings (SSSR count). The van der Waals surface area contributed by atoms with E-state index in [4.69, 9.17) is 4.98 Å². The van der Waals surface area contributed by atoms with Gasteiger partial charge in [0.2, 0.25) is 11.8 Å². The second-order valence-corrected chi connectivity index (χ2v) is 9.72. The van der Waals surface area contributed by atoms with Gasteiger partial charge < -0.3 is 0 Å². The molecular weight excluding hydrogens is 390 g/mol. The zero-order valence-electron chi connectivity index (χ0n) is 15.9. The van der Waals surface area contributed by atoms with Crippen LogP contribution in [0.1, 0.15) is 37.1 Å². The number of aromatic nitrogens is 1. The van der Waals surface area contributed by atoms with Crippen LogP contribution in [0.4, 0.5) is 5.00 Å². The van der Waals surface area contributed by atoms with E-state index in [1.54, 1.807) is 22.7 Å². The minimum Gasteiger partial charge on any atom is -0.296 e. The average molecular weight is 412 g/mol. The topological polar surface area (TPSA) is 53.5 Å². The number of fused-ring (bicyclic) bond motifs is 2. The number of benzene rings is 1. The molecule has 0 saturated carbocycles. The first-order valence-corrected chi connectivity index (χ1v) is 11.3. The number of para-hydroxylation sites is 1. The highest BCUT2D eigenvalue weighted by Crippen LogP contribution is 2.48. The van der Waals surface area contributed by atoms with Crippen molar-refractivity contribution in [3.05, 3.63) is 34.7 Å². The molecule has 3 aromatic rings. The fourth-order valence-corrected chi connectivity index (χ4v) is 6.52. The average Bonchev–Trinajstić information content (AvgIpc) is 3.35. The zero-order chi connectivity index (χ0) is 19.4. The van der Waals surface area contributed by atoms with E-state index < -0.39 is 0 Å². The van der Waals surface area contributed by atoms with E-state index in [0.29, 0.717) is 18.9 Å². The highest BCUT2D eigenvalue weighted by Gasteiger charge is 2.37. The number of amides is 2. The van der Waals surface area contributed by atoms with Gasteiger partial charge in [0.25, 0.3) is 0 Å². The van der Waals surface area contributed by atoms with Crippen LogP contribution < -0.4 is 4.90 Å². The number of anilines is 1. The van der Waals surface area contributed by atoms with Crippen molar-refractivity contribution in [1.29, 1.82) is 0 Å². The molecule has 2 amide bonds. The quantitative estimate of drug-likeness (QED) is 0.598. The second kappa shape index (κ2) is 6.76. The molecule has 0 aliphatic carbocycles. The predicted molar refractivity (Wildman–Crippen MR) is 114 cm³/mol. The van der Waals surface area contributed by atoms with Gasteiger partial charge in [0.1, 0.15) is 10.0 Å². The number of carbonyl (C=O) groups is 2. The first-order valence-electron chi connectivity index (χ1n) is 9.63. The Morgan fingerprint density at radius 2 is 1.79 bits per heavy atom. The predicted octanol–water partition coefficient (Wildman–Crippen LogP) is 4.44. The monoisotopic (exact) mass is 411 g/mol. The molecule has 0 unspecified atom stereocenters. The summed E-state index contributed by atoms with van der Waals surface area (Å²) in [7, 11) is 0. The molecule has 2 aliphatic rings. The van der Waals surface area contributed by atoms with E-state index >= 15 is 0 Å². The number of carbonyl (C=O) groups excluding carboxylic acids is 2. The Hall–Kier alpha value is -2.09. The molecule has 5 nitrogen and oxygen atoms in total. The lowest BCUT2D eigenvalue weighted by atomic mass is 10.0. The number of hydrogen-bond acceptors (Lipinski definition) is 6. The standard InChI is InChI=1S/C21H21N3O2S2/c1-12(2)23-10-9-13-16(11-23)28-21(24-17(25)7-8-18(24)26)19(13)20-22-14-5-3-4-6-15(14)27-20/h3-6,12H,7-11H2,1-2H3. The summed E-state index contributed by atoms with van der Waals surface area (Å²) in [4.78, 5) is 35.0. The largest absolute Gasteiger partial charge is 0.296 e. The molecule has 7 heteroatoms. The van der Waals surface area contributed by atoms with Crippen LogP contribution >= 0.6 is 22.7 Å². The molecule has 0 bridgehead atoms. The van der Waals surface area contributed by atoms with E-state index in [2.05, 4.69) is 24.8 Å². The summed E-state index contributed by atoms with van der Waals surface area (Å²) in [6.07, 6.45) is 1.53. The number of nitrogens with zero attached hydrogens (tertiary/aromatic N) is 3. The normalized spacial score (nSPS) is 17.9. The Morgan fingerprint density at radius 1 is 1.04 bits per heavy atom. The molecule has 0 N–H and O–H groups in total. The van der Waals surface area contributed by atoms with Gasteiger partial charge in [-0.05, 0) is 38.0 Å². The molecule has 2 aliphatic heterocycles. The van der Waals surface area contributed by atoms with Gasteiger partial charge in [0, 0.05) is 42.4 Å². The zero-order valence-corrected chi connectivity index (χ0v) is 17.5. The van der Waals surface area contributed by atoms with Crippen molar-refractivity contribution >= 4 is 49.7 Å². The summed E-state index contributed by atoms with van der Waals surface area (Å²) in [5, 5.41) is 1.70. The van der Waals surface area contributed by atoms with Crippen molar-refractivity contribution in [3.8, 4) is 10.6 Å². The van der Waals surface area contributed by atoms with Gasteiger partial charge in [-0.1, -0.05) is 12.1 Å². The number of thiazole rings is 1. The first kappa shape index (κ1) is 18.0. The van der Waals surface area contributed by atoms with Crippen LogP contribution in [0.25, 0.3) is 20.8 Å². The summed E-state index contributed by atoms with van der Waals surface area (Å²) >= 11 is 3.24. The van der Waals surface area contributed by atoms with Gasteiger partial charge in [0.15, 0.2) is 0 Å². The molecule has 144 valence electrons. The lowest BCUT2D eigenvalue weighted by molar-refractivity contribution is -0.121. The highest BCUT2D eigenvalue weighted by molar-refractivity contribution is 7.23. The van der Waals surface area contributed by atoms with Crippen molar-refractivity contribution in [2.24, 2.45) is 0 Å². The van der Waals surface area contributed by atoms with Crippen molar-refractivity contribution in [2.45, 2.75) is 45.7 Å². The van der Waals surface area contributed by atoms with Crippen LogP contribution in [-0.4, -0.2) is 34.3 Å². The minimum atomic E-state index is -0.0910. The van der Waals surface area contributed by atoms with Crippen molar-refractivity contribution in [3.63, 3.8) is 0 Å². The van der Waals surface area contributed by atoms with Crippen LogP contribution in [0.15, 0.2) is 24.3 Å². The van der Waals surface area contributed by atoms with Gasteiger partial charge in [-0.25, -0.2) is 9.88 Å².